The Morgan fingerprint density at radius 3 is 2.50 bits per heavy atom. The van der Waals surface area contributed by atoms with E-state index in [1.165, 1.54) is 25.1 Å². The van der Waals surface area contributed by atoms with Crippen molar-refractivity contribution in [2.75, 3.05) is 13.7 Å². The first kappa shape index (κ1) is 19.7. The van der Waals surface area contributed by atoms with Crippen LogP contribution in [0.5, 0.6) is 0 Å². The van der Waals surface area contributed by atoms with E-state index in [4.69, 9.17) is 4.74 Å². The van der Waals surface area contributed by atoms with Gasteiger partial charge in [-0.15, -0.1) is 6.58 Å². The van der Waals surface area contributed by atoms with Gasteiger partial charge in [-0.2, -0.15) is 13.2 Å². The minimum atomic E-state index is -4.68. The molecule has 2 atom stereocenters. The maximum Gasteiger partial charge on any atom is 0.416 e. The Bertz CT molecular complexity index is 601. The highest BCUT2D eigenvalue weighted by molar-refractivity contribution is 5.87. The molecule has 0 fully saturated rings. The molecule has 1 aromatic rings. The van der Waals surface area contributed by atoms with Gasteiger partial charge in [-0.25, -0.2) is 4.79 Å². The largest absolute Gasteiger partial charge is 0.467 e. The molecule has 0 heterocycles. The summed E-state index contributed by atoms with van der Waals surface area (Å²) in [6.45, 7) is 4.91. The fourth-order valence-electron chi connectivity index (χ4n) is 1.94. The smallest absolute Gasteiger partial charge is 0.416 e. The number of nitrogens with one attached hydrogen (secondary N) is 1. The lowest BCUT2D eigenvalue weighted by Crippen LogP contribution is -2.41. The molecule has 1 N–H and O–H groups in total. The van der Waals surface area contributed by atoms with Gasteiger partial charge in [-0.05, 0) is 18.6 Å². The van der Waals surface area contributed by atoms with Crippen molar-refractivity contribution in [2.45, 2.75) is 25.2 Å². The fraction of sp³-hybridized carbons (Fsp3) is 0.375. The Labute approximate surface area is 137 Å². The molecule has 1 rings (SSSR count). The highest BCUT2D eigenvalue weighted by Gasteiger charge is 2.38. The SMILES string of the molecule is C=CCO[C@H](C)C(=O)N[C@H](C(=O)OC)c1ccccc1C(F)(F)F. The monoisotopic (exact) mass is 345 g/mol. The molecule has 0 saturated heterocycles. The quantitative estimate of drug-likeness (QED) is 0.609. The van der Waals surface area contributed by atoms with Crippen LogP contribution in [0.4, 0.5) is 13.2 Å². The number of esters is 1. The van der Waals surface area contributed by atoms with Gasteiger partial charge in [0.1, 0.15) is 6.10 Å². The van der Waals surface area contributed by atoms with E-state index in [9.17, 15) is 22.8 Å². The second-order valence-electron chi connectivity index (χ2n) is 4.81. The number of carbonyl (C=O) groups excluding carboxylic acids is 2. The van der Waals surface area contributed by atoms with Crippen molar-refractivity contribution in [3.05, 3.63) is 48.0 Å². The van der Waals surface area contributed by atoms with Crippen LogP contribution in [0.15, 0.2) is 36.9 Å². The summed E-state index contributed by atoms with van der Waals surface area (Å²) in [5.41, 5.74) is -1.43. The molecule has 8 heteroatoms. The number of methoxy groups -OCH3 is 1. The third-order valence-corrected chi connectivity index (χ3v) is 3.13. The fourth-order valence-corrected chi connectivity index (χ4v) is 1.94. The lowest BCUT2D eigenvalue weighted by atomic mass is 9.99. The van der Waals surface area contributed by atoms with Gasteiger partial charge in [-0.1, -0.05) is 24.3 Å². The number of carbonyl (C=O) groups is 2. The number of halogens is 3. The first-order chi connectivity index (χ1) is 11.2. The molecule has 0 aliphatic carbocycles. The standard InChI is InChI=1S/C16H18F3NO4/c1-4-9-24-10(2)14(21)20-13(15(22)23-3)11-7-5-6-8-12(11)16(17,18)19/h4-8,10,13H,1,9H2,2-3H3,(H,20,21)/t10-,13+/m1/s1. The predicted molar refractivity (Wildman–Crippen MR) is 80.0 cm³/mol. The summed E-state index contributed by atoms with van der Waals surface area (Å²) in [4.78, 5) is 24.0. The number of amides is 1. The number of rotatable bonds is 7. The number of ether oxygens (including phenoxy) is 2. The van der Waals surface area contributed by atoms with Crippen LogP contribution in [0.25, 0.3) is 0 Å². The van der Waals surface area contributed by atoms with Crippen molar-refractivity contribution < 1.29 is 32.2 Å². The van der Waals surface area contributed by atoms with E-state index in [0.717, 1.165) is 19.2 Å². The molecule has 1 aromatic carbocycles. The Morgan fingerprint density at radius 2 is 1.96 bits per heavy atom. The third-order valence-electron chi connectivity index (χ3n) is 3.13. The molecule has 0 aliphatic heterocycles. The zero-order valence-corrected chi connectivity index (χ0v) is 13.2. The molecule has 5 nitrogen and oxygen atoms in total. The van der Waals surface area contributed by atoms with E-state index in [1.54, 1.807) is 0 Å². The molecule has 1 amide bonds. The molecule has 132 valence electrons. The van der Waals surface area contributed by atoms with Crippen molar-refractivity contribution in [1.82, 2.24) is 5.32 Å². The zero-order valence-electron chi connectivity index (χ0n) is 13.2. The molecule has 0 aliphatic rings. The van der Waals surface area contributed by atoms with Gasteiger partial charge in [0.2, 0.25) is 5.91 Å². The van der Waals surface area contributed by atoms with E-state index in [-0.39, 0.29) is 6.61 Å². The van der Waals surface area contributed by atoms with Crippen LogP contribution in [0.2, 0.25) is 0 Å². The Hall–Kier alpha value is -2.35. The minimum absolute atomic E-state index is 0.0800. The van der Waals surface area contributed by atoms with E-state index in [2.05, 4.69) is 16.6 Å². The molecule has 0 radical (unpaired) electrons. The molecule has 0 spiro atoms. The molecule has 0 saturated carbocycles. The highest BCUT2D eigenvalue weighted by atomic mass is 19.4. The first-order valence-corrected chi connectivity index (χ1v) is 6.99. The Kier molecular flexibility index (Phi) is 6.97. The van der Waals surface area contributed by atoms with Crippen LogP contribution in [0, 0.1) is 0 Å². The maximum absolute atomic E-state index is 13.1. The molecule has 24 heavy (non-hydrogen) atoms. The lowest BCUT2D eigenvalue weighted by Gasteiger charge is -2.22. The second-order valence-corrected chi connectivity index (χ2v) is 4.81. The zero-order chi connectivity index (χ0) is 18.3. The maximum atomic E-state index is 13.1. The van der Waals surface area contributed by atoms with Gasteiger partial charge < -0.3 is 14.8 Å². The van der Waals surface area contributed by atoms with Crippen LogP contribution in [0.3, 0.4) is 0 Å². The lowest BCUT2D eigenvalue weighted by molar-refractivity contribution is -0.148. The summed E-state index contributed by atoms with van der Waals surface area (Å²) in [6, 6.07) is 2.87. The van der Waals surface area contributed by atoms with Crippen molar-refractivity contribution >= 4 is 11.9 Å². The first-order valence-electron chi connectivity index (χ1n) is 6.99. The molecule has 0 bridgehead atoms. The average Bonchev–Trinajstić information content (AvgIpc) is 2.55. The van der Waals surface area contributed by atoms with Gasteiger partial charge in [-0.3, -0.25) is 4.79 Å². The summed E-state index contributed by atoms with van der Waals surface area (Å²) in [5, 5.41) is 2.23. The third kappa shape index (κ3) is 5.09. The van der Waals surface area contributed by atoms with Crippen molar-refractivity contribution in [1.29, 1.82) is 0 Å². The van der Waals surface area contributed by atoms with Crippen LogP contribution in [-0.2, 0) is 25.2 Å². The van der Waals surface area contributed by atoms with Crippen molar-refractivity contribution in [3.8, 4) is 0 Å². The van der Waals surface area contributed by atoms with E-state index in [0.29, 0.717) is 0 Å². The number of hydrogen-bond acceptors (Lipinski definition) is 4. The van der Waals surface area contributed by atoms with Gasteiger partial charge in [0.05, 0.1) is 19.3 Å². The van der Waals surface area contributed by atoms with Gasteiger partial charge in [0.25, 0.3) is 0 Å². The molecule has 0 aromatic heterocycles. The predicted octanol–water partition coefficient (Wildman–Crippen LogP) is 2.63. The van der Waals surface area contributed by atoms with E-state index in [1.807, 2.05) is 0 Å². The second kappa shape index (κ2) is 8.49. The summed E-state index contributed by atoms with van der Waals surface area (Å²) in [7, 11) is 1.02. The van der Waals surface area contributed by atoms with Crippen molar-refractivity contribution in [2.24, 2.45) is 0 Å². The highest BCUT2D eigenvalue weighted by Crippen LogP contribution is 2.34. The number of benzene rings is 1. The minimum Gasteiger partial charge on any atom is -0.467 e. The average molecular weight is 345 g/mol. The Balaban J connectivity index is 3.14. The van der Waals surface area contributed by atoms with Gasteiger partial charge in [0, 0.05) is 0 Å². The van der Waals surface area contributed by atoms with Crippen LogP contribution < -0.4 is 5.32 Å². The Morgan fingerprint density at radius 1 is 1.33 bits per heavy atom. The summed E-state index contributed by atoms with van der Waals surface area (Å²) < 4.78 is 49.0. The summed E-state index contributed by atoms with van der Waals surface area (Å²) in [6.07, 6.45) is -4.24. The van der Waals surface area contributed by atoms with E-state index < -0.39 is 41.3 Å². The molecular weight excluding hydrogens is 327 g/mol. The van der Waals surface area contributed by atoms with Gasteiger partial charge >= 0.3 is 12.1 Å². The van der Waals surface area contributed by atoms with Crippen LogP contribution >= 0.6 is 0 Å². The number of hydrogen-bond donors (Lipinski definition) is 1. The van der Waals surface area contributed by atoms with E-state index >= 15 is 0 Å². The summed E-state index contributed by atoms with van der Waals surface area (Å²) >= 11 is 0. The molecule has 0 unspecified atom stereocenters. The van der Waals surface area contributed by atoms with Gasteiger partial charge in [0.15, 0.2) is 6.04 Å². The van der Waals surface area contributed by atoms with Crippen LogP contribution in [-0.4, -0.2) is 31.7 Å². The van der Waals surface area contributed by atoms with Crippen molar-refractivity contribution in [3.63, 3.8) is 0 Å². The molecular formula is C16H18F3NO4. The summed E-state index contributed by atoms with van der Waals surface area (Å²) in [5.74, 6) is -1.76. The van der Waals surface area contributed by atoms with Crippen LogP contribution in [0.1, 0.15) is 24.1 Å². The topological polar surface area (TPSA) is 64.6 Å². The number of alkyl halides is 3. The normalized spacial score (nSPS) is 13.7.